The third-order valence-corrected chi connectivity index (χ3v) is 9.77. The van der Waals surface area contributed by atoms with Gasteiger partial charge >= 0.3 is 77.5 Å². The van der Waals surface area contributed by atoms with E-state index >= 15 is 43.9 Å². The van der Waals surface area contributed by atoms with E-state index < -0.39 is 168 Å². The van der Waals surface area contributed by atoms with Crippen LogP contribution in [0.2, 0.25) is 0 Å². The molecule has 0 aliphatic rings. The van der Waals surface area contributed by atoms with Gasteiger partial charge in [0.2, 0.25) is 22.8 Å². The maximum atomic E-state index is 16.5. The highest BCUT2D eigenvalue weighted by Crippen LogP contribution is 2.64. The van der Waals surface area contributed by atoms with Crippen molar-refractivity contribution in [2.75, 3.05) is 0 Å². The Bertz CT molecular complexity index is 2890. The Balaban J connectivity index is 1.92. The zero-order valence-corrected chi connectivity index (χ0v) is 32.5. The van der Waals surface area contributed by atoms with Gasteiger partial charge in [-0.2, -0.15) is 35.1 Å². The summed E-state index contributed by atoms with van der Waals surface area (Å²) >= 11 is 0. The average molecular weight is 997 g/mol. The topological polar surface area (TPSA) is 351 Å². The molecule has 69 heavy (non-hydrogen) atoms. The molecule has 0 atom stereocenters. The van der Waals surface area contributed by atoms with Crippen LogP contribution in [0.5, 0.6) is 11.5 Å². The maximum absolute atomic E-state index is 16.5. The molecule has 0 unspecified atom stereocenters. The molecule has 0 spiro atoms. The van der Waals surface area contributed by atoms with Crippen LogP contribution in [0.1, 0.15) is 73.3 Å². The molecule has 30 heteroatoms. The van der Waals surface area contributed by atoms with Gasteiger partial charge in [-0.25, -0.2) is 37.5 Å². The summed E-state index contributed by atoms with van der Waals surface area (Å²) in [6.45, 7) is 0. The third-order valence-electron chi connectivity index (χ3n) is 9.77. The second-order valence-electron chi connectivity index (χ2n) is 13.4. The summed E-state index contributed by atoms with van der Waals surface area (Å²) in [6, 6.07) is 2.17. The van der Waals surface area contributed by atoms with Gasteiger partial charge in [-0.15, -0.1) is 0 Å². The highest BCUT2D eigenvalue weighted by molar-refractivity contribution is 6.18. The number of aliphatic carboxylic acids is 4. The van der Waals surface area contributed by atoms with E-state index in [1.807, 2.05) is 0 Å². The van der Waals surface area contributed by atoms with Crippen LogP contribution in [0.15, 0.2) is 60.7 Å². The number of carbonyl (C=O) groups is 10. The molecule has 20 nitrogen and oxygen atoms in total. The van der Waals surface area contributed by atoms with Gasteiger partial charge in [-0.05, 0) is 54.1 Å². The predicted molar refractivity (Wildman–Crippen MR) is 192 cm³/mol. The molecule has 4 aromatic carbocycles. The van der Waals surface area contributed by atoms with E-state index in [1.165, 1.54) is 0 Å². The Kier molecular flexibility index (Phi) is 13.6. The summed E-state index contributed by atoms with van der Waals surface area (Å²) < 4.78 is 167. The van der Waals surface area contributed by atoms with E-state index in [0.717, 1.165) is 0 Å². The van der Waals surface area contributed by atoms with Gasteiger partial charge in [0.15, 0.2) is 11.6 Å². The van der Waals surface area contributed by atoms with E-state index in [1.54, 1.807) is 0 Å². The number of ether oxygens (including phenoxy) is 2. The minimum Gasteiger partial charge on any atom is -0.480 e. The summed E-state index contributed by atoms with van der Waals surface area (Å²) in [4.78, 5) is 122. The van der Waals surface area contributed by atoms with Crippen LogP contribution in [0.4, 0.5) is 43.9 Å². The summed E-state index contributed by atoms with van der Waals surface area (Å²) in [5.41, 5.74) is -25.3. The smallest absolute Gasteiger partial charge is 0.378 e. The molecule has 0 saturated heterocycles. The molecule has 0 aliphatic heterocycles. The van der Waals surface area contributed by atoms with Crippen molar-refractivity contribution >= 4 is 59.7 Å². The molecular formula is C39H18F10O20. The summed E-state index contributed by atoms with van der Waals surface area (Å²) in [5, 5.41) is 76.8. The van der Waals surface area contributed by atoms with Crippen LogP contribution in [-0.4, -0.2) is 112 Å². The number of rotatable bonds is 18. The number of hydrogen-bond donors (Lipinski definition) is 8. The molecule has 8 N–H and O–H groups in total. The molecule has 364 valence electrons. The number of hydrogen-bond acceptors (Lipinski definition) is 12. The number of esters is 2. The first-order valence-corrected chi connectivity index (χ1v) is 17.3. The zero-order valence-electron chi connectivity index (χ0n) is 32.5. The van der Waals surface area contributed by atoms with Crippen LogP contribution in [0.25, 0.3) is 0 Å². The van der Waals surface area contributed by atoms with Crippen molar-refractivity contribution in [3.05, 3.63) is 128 Å². The molecule has 4 rings (SSSR count). The van der Waals surface area contributed by atoms with E-state index in [4.69, 9.17) is 14.9 Å². The van der Waals surface area contributed by atoms with Gasteiger partial charge < -0.3 is 50.3 Å². The molecule has 0 heterocycles. The number of benzene rings is 4. The van der Waals surface area contributed by atoms with E-state index in [0.29, 0.717) is 30.3 Å². The highest BCUT2D eigenvalue weighted by atomic mass is 19.3. The van der Waals surface area contributed by atoms with Crippen molar-refractivity contribution in [1.82, 2.24) is 0 Å². The quantitative estimate of drug-likeness (QED) is 0.0211. The van der Waals surface area contributed by atoms with Gasteiger partial charge in [0.05, 0.1) is 33.4 Å². The predicted octanol–water partition coefficient (Wildman–Crippen LogP) is 5.10. The molecular weight excluding hydrogens is 978 g/mol. The molecule has 0 radical (unpaired) electrons. The largest absolute Gasteiger partial charge is 0.480 e. The molecule has 4 aromatic rings. The number of halogens is 10. The normalized spacial score (nSPS) is 12.1. The van der Waals surface area contributed by atoms with Crippen LogP contribution in [-0.2, 0) is 30.5 Å². The van der Waals surface area contributed by atoms with Gasteiger partial charge in [0, 0.05) is 0 Å². The minimum atomic E-state index is -8.26. The standard InChI is InChI=1S/C39H18F10O20/c40-20-19(21(41)23(43)24(22(20)42)69-30(59)12-2-8-16(26(52)53)18(10-12)28(56)57)37(44,45)39(48,49)38(46,47)36(33(64)65,34(66)67)35(31(60)61,32(62)63)13-3-5-14(6-4-13)68-29(58)11-1-7-15(25(50)51)17(9-11)27(54)55/h1-10H,(H,50,51)(H,52,53)(H,54,55)(H,56,57)(H,60,61)(H,62,63)(H,64,65)(H,66,67). The zero-order chi connectivity index (χ0) is 52.8. The van der Waals surface area contributed by atoms with Crippen molar-refractivity contribution in [2.24, 2.45) is 5.41 Å². The van der Waals surface area contributed by atoms with E-state index in [9.17, 15) is 78.6 Å². The Morgan fingerprint density at radius 2 is 0.783 bits per heavy atom. The van der Waals surface area contributed by atoms with Gasteiger partial charge in [0.25, 0.3) is 5.41 Å². The lowest BCUT2D eigenvalue weighted by Gasteiger charge is -2.46. The second kappa shape index (κ2) is 17.9. The monoisotopic (exact) mass is 996 g/mol. The van der Waals surface area contributed by atoms with Crippen LogP contribution in [0, 0.1) is 28.7 Å². The van der Waals surface area contributed by atoms with Crippen molar-refractivity contribution in [1.29, 1.82) is 0 Å². The number of alkyl halides is 6. The Hall–Kier alpha value is -9.12. The molecule has 0 aromatic heterocycles. The number of carboxylic acid groups (broad SMARTS) is 8. The minimum absolute atomic E-state index is 0.0950. The lowest BCUT2D eigenvalue weighted by atomic mass is 9.54. The lowest BCUT2D eigenvalue weighted by Crippen LogP contribution is -2.76. The summed E-state index contributed by atoms with van der Waals surface area (Å²) in [7, 11) is 0. The maximum Gasteiger partial charge on any atom is 0.378 e. The molecule has 0 aliphatic carbocycles. The molecule has 0 saturated carbocycles. The fourth-order valence-electron chi connectivity index (χ4n) is 6.52. The molecule has 0 amide bonds. The Morgan fingerprint density at radius 3 is 1.12 bits per heavy atom. The first kappa shape index (κ1) is 52.5. The van der Waals surface area contributed by atoms with Gasteiger partial charge in [-0.1, -0.05) is 12.1 Å². The van der Waals surface area contributed by atoms with Crippen LogP contribution in [0.3, 0.4) is 0 Å². The SMILES string of the molecule is O=C(Oc1ccc(C(C(=O)O)(C(=O)O)C(C(=O)O)(C(=O)O)C(F)(F)C(F)(F)C(F)(F)c2c(F)c(F)c(OC(=O)c3ccc(C(=O)O)c(C(=O)O)c3)c(F)c2F)cc1)c1ccc(C(=O)O)c(C(=O)O)c1. The highest BCUT2D eigenvalue weighted by Gasteiger charge is 2.92. The Morgan fingerprint density at radius 1 is 0.420 bits per heavy atom. The second-order valence-corrected chi connectivity index (χ2v) is 13.4. The van der Waals surface area contributed by atoms with Crippen LogP contribution >= 0.6 is 0 Å². The number of aromatic carboxylic acids is 4. The first-order chi connectivity index (χ1) is 31.6. The average Bonchev–Trinajstić information content (AvgIpc) is 3.25. The van der Waals surface area contributed by atoms with E-state index in [-0.39, 0.29) is 30.3 Å². The number of carbonyl (C=O) groups excluding carboxylic acids is 2. The summed E-state index contributed by atoms with van der Waals surface area (Å²) in [6.07, 6.45) is 0. The first-order valence-electron chi connectivity index (χ1n) is 17.3. The van der Waals surface area contributed by atoms with Crippen molar-refractivity contribution < 1.29 is 142 Å². The van der Waals surface area contributed by atoms with Crippen molar-refractivity contribution in [2.45, 2.75) is 23.2 Å². The molecule has 0 bridgehead atoms. The van der Waals surface area contributed by atoms with Crippen LogP contribution < -0.4 is 9.47 Å². The fraction of sp³-hybridized carbons (Fsp3) is 0.128. The lowest BCUT2D eigenvalue weighted by molar-refractivity contribution is -0.348. The van der Waals surface area contributed by atoms with Gasteiger partial charge in [0.1, 0.15) is 11.3 Å². The van der Waals surface area contributed by atoms with E-state index in [2.05, 4.69) is 4.74 Å². The summed E-state index contributed by atoms with van der Waals surface area (Å²) in [5.74, 6) is -70.6. The molecule has 0 fully saturated rings. The Labute approximate surface area is 370 Å². The van der Waals surface area contributed by atoms with Crippen molar-refractivity contribution in [3.8, 4) is 11.5 Å². The number of carboxylic acids is 8. The third kappa shape index (κ3) is 7.94. The van der Waals surface area contributed by atoms with Gasteiger partial charge in [-0.3, -0.25) is 19.2 Å². The van der Waals surface area contributed by atoms with Crippen molar-refractivity contribution in [3.63, 3.8) is 0 Å². The fourth-order valence-corrected chi connectivity index (χ4v) is 6.52.